The number of hydrogen-bond donors (Lipinski definition) is 0. The summed E-state index contributed by atoms with van der Waals surface area (Å²) in [5, 5.41) is 0. The van der Waals surface area contributed by atoms with Crippen LogP contribution in [-0.2, 0) is 0 Å². The fourth-order valence-corrected chi connectivity index (χ4v) is 3.21. The van der Waals surface area contributed by atoms with Gasteiger partial charge in [-0.25, -0.2) is 0 Å². The van der Waals surface area contributed by atoms with Crippen molar-refractivity contribution >= 4 is 27.5 Å². The van der Waals surface area contributed by atoms with Crippen LogP contribution in [0.4, 0.5) is 0 Å². The van der Waals surface area contributed by atoms with Crippen LogP contribution in [0, 0.1) is 6.92 Å². The first-order valence-electron chi connectivity index (χ1n) is 5.37. The molecule has 1 saturated carbocycles. The molecular formula is C12H16BrClO. The van der Waals surface area contributed by atoms with E-state index in [-0.39, 0.29) is 4.87 Å². The van der Waals surface area contributed by atoms with E-state index in [1.165, 1.54) is 5.56 Å². The van der Waals surface area contributed by atoms with Gasteiger partial charge in [0.2, 0.25) is 0 Å². The van der Waals surface area contributed by atoms with Crippen molar-refractivity contribution in [1.82, 2.24) is 0 Å². The molecule has 3 unspecified atom stereocenters. The van der Waals surface area contributed by atoms with Gasteiger partial charge in [0, 0.05) is 4.83 Å². The van der Waals surface area contributed by atoms with E-state index in [0.29, 0.717) is 10.7 Å². The molecule has 0 aromatic carbocycles. The molecule has 84 valence electrons. The third kappa shape index (κ3) is 2.26. The Balaban J connectivity index is 2.13. The van der Waals surface area contributed by atoms with E-state index in [0.717, 1.165) is 25.0 Å². The third-order valence-corrected chi connectivity index (χ3v) is 5.57. The van der Waals surface area contributed by atoms with Gasteiger partial charge in [0.25, 0.3) is 0 Å². The second-order valence-corrected chi connectivity index (χ2v) is 6.62. The SMILES string of the molecule is Cc1occc1C1CCC(C)(Cl)C(Br)C1. The second kappa shape index (κ2) is 4.14. The molecule has 1 nitrogen and oxygen atoms in total. The molecule has 0 amide bonds. The van der Waals surface area contributed by atoms with Crippen LogP contribution >= 0.6 is 27.5 Å². The lowest BCUT2D eigenvalue weighted by Crippen LogP contribution is -2.35. The average Bonchev–Trinajstić information content (AvgIpc) is 2.57. The average molecular weight is 292 g/mol. The maximum absolute atomic E-state index is 6.42. The van der Waals surface area contributed by atoms with E-state index >= 15 is 0 Å². The summed E-state index contributed by atoms with van der Waals surface area (Å²) in [5.74, 6) is 1.65. The van der Waals surface area contributed by atoms with Crippen LogP contribution in [0.25, 0.3) is 0 Å². The smallest absolute Gasteiger partial charge is 0.104 e. The van der Waals surface area contributed by atoms with E-state index in [2.05, 4.69) is 28.9 Å². The van der Waals surface area contributed by atoms with Crippen molar-refractivity contribution in [3.8, 4) is 0 Å². The lowest BCUT2D eigenvalue weighted by Gasteiger charge is -2.37. The molecule has 3 atom stereocenters. The Kier molecular flexibility index (Phi) is 3.18. The standard InChI is InChI=1S/C12H16BrClO/c1-8-10(4-6-15-8)9-3-5-12(2,14)11(13)7-9/h4,6,9,11H,3,5,7H2,1-2H3. The fraction of sp³-hybridized carbons (Fsp3) is 0.667. The Morgan fingerprint density at radius 1 is 1.60 bits per heavy atom. The summed E-state index contributed by atoms with van der Waals surface area (Å²) in [7, 11) is 0. The lowest BCUT2D eigenvalue weighted by atomic mass is 9.79. The normalized spacial score (nSPS) is 36.8. The summed E-state index contributed by atoms with van der Waals surface area (Å²) in [5.41, 5.74) is 1.35. The van der Waals surface area contributed by atoms with Crippen molar-refractivity contribution in [1.29, 1.82) is 0 Å². The van der Waals surface area contributed by atoms with Gasteiger partial charge in [-0.05, 0) is 50.7 Å². The van der Waals surface area contributed by atoms with Crippen LogP contribution in [0.3, 0.4) is 0 Å². The van der Waals surface area contributed by atoms with Gasteiger partial charge in [0.05, 0.1) is 11.1 Å². The molecule has 1 aromatic rings. The molecule has 1 aliphatic rings. The molecule has 1 aliphatic carbocycles. The van der Waals surface area contributed by atoms with Crippen molar-refractivity contribution in [2.75, 3.05) is 0 Å². The highest BCUT2D eigenvalue weighted by Gasteiger charge is 2.37. The van der Waals surface area contributed by atoms with E-state index in [9.17, 15) is 0 Å². The first-order chi connectivity index (χ1) is 7.00. The number of alkyl halides is 2. The van der Waals surface area contributed by atoms with Crippen LogP contribution in [-0.4, -0.2) is 9.70 Å². The zero-order valence-electron chi connectivity index (χ0n) is 9.09. The maximum atomic E-state index is 6.42. The molecule has 0 radical (unpaired) electrons. The summed E-state index contributed by atoms with van der Waals surface area (Å²) < 4.78 is 5.36. The molecule has 15 heavy (non-hydrogen) atoms. The molecule has 0 N–H and O–H groups in total. The molecule has 0 aliphatic heterocycles. The zero-order valence-corrected chi connectivity index (χ0v) is 11.4. The molecule has 2 rings (SSSR count). The highest BCUT2D eigenvalue weighted by atomic mass is 79.9. The number of aryl methyl sites for hydroxylation is 1. The van der Waals surface area contributed by atoms with Crippen molar-refractivity contribution in [3.63, 3.8) is 0 Å². The molecule has 0 bridgehead atoms. The number of furan rings is 1. The first-order valence-corrected chi connectivity index (χ1v) is 6.67. The van der Waals surface area contributed by atoms with Crippen LogP contribution in [0.15, 0.2) is 16.7 Å². The van der Waals surface area contributed by atoms with E-state index in [1.807, 2.05) is 6.92 Å². The Labute approximate surface area is 104 Å². The van der Waals surface area contributed by atoms with Crippen LogP contribution in [0.2, 0.25) is 0 Å². The second-order valence-electron chi connectivity index (χ2n) is 4.65. The summed E-state index contributed by atoms with van der Waals surface area (Å²) in [6.45, 7) is 4.15. The maximum Gasteiger partial charge on any atom is 0.104 e. The van der Waals surface area contributed by atoms with Crippen LogP contribution in [0.5, 0.6) is 0 Å². The summed E-state index contributed by atoms with van der Waals surface area (Å²) in [4.78, 5) is 0.299. The summed E-state index contributed by atoms with van der Waals surface area (Å²) in [6.07, 6.45) is 5.09. The van der Waals surface area contributed by atoms with Gasteiger partial charge in [0.15, 0.2) is 0 Å². The van der Waals surface area contributed by atoms with Gasteiger partial charge in [-0.15, -0.1) is 11.6 Å². The number of hydrogen-bond acceptors (Lipinski definition) is 1. The summed E-state index contributed by atoms with van der Waals surface area (Å²) in [6, 6.07) is 2.09. The quantitative estimate of drug-likeness (QED) is 0.688. The predicted molar refractivity (Wildman–Crippen MR) is 67.0 cm³/mol. The lowest BCUT2D eigenvalue weighted by molar-refractivity contribution is 0.383. The van der Waals surface area contributed by atoms with Crippen LogP contribution in [0.1, 0.15) is 43.4 Å². The minimum Gasteiger partial charge on any atom is -0.469 e. The highest BCUT2D eigenvalue weighted by molar-refractivity contribution is 9.09. The fourth-order valence-electron chi connectivity index (χ4n) is 2.33. The van der Waals surface area contributed by atoms with Gasteiger partial charge in [-0.1, -0.05) is 15.9 Å². The largest absolute Gasteiger partial charge is 0.469 e. The molecule has 0 spiro atoms. The molecule has 1 heterocycles. The van der Waals surface area contributed by atoms with Crippen molar-refractivity contribution in [2.24, 2.45) is 0 Å². The van der Waals surface area contributed by atoms with Gasteiger partial charge < -0.3 is 4.42 Å². The van der Waals surface area contributed by atoms with Crippen molar-refractivity contribution in [3.05, 3.63) is 23.7 Å². The zero-order chi connectivity index (χ0) is 11.1. The molecular weight excluding hydrogens is 275 g/mol. The van der Waals surface area contributed by atoms with E-state index in [1.54, 1.807) is 6.26 Å². The van der Waals surface area contributed by atoms with Gasteiger partial charge in [-0.2, -0.15) is 0 Å². The number of halogens is 2. The van der Waals surface area contributed by atoms with Gasteiger partial charge >= 0.3 is 0 Å². The van der Waals surface area contributed by atoms with Crippen molar-refractivity contribution < 1.29 is 4.42 Å². The molecule has 0 saturated heterocycles. The highest BCUT2D eigenvalue weighted by Crippen LogP contribution is 2.45. The van der Waals surface area contributed by atoms with E-state index in [4.69, 9.17) is 16.0 Å². The van der Waals surface area contributed by atoms with Crippen LogP contribution < -0.4 is 0 Å². The van der Waals surface area contributed by atoms with Gasteiger partial charge in [0.1, 0.15) is 5.76 Å². The molecule has 1 aromatic heterocycles. The van der Waals surface area contributed by atoms with E-state index < -0.39 is 0 Å². The Bertz CT molecular complexity index is 345. The Morgan fingerprint density at radius 2 is 2.33 bits per heavy atom. The first kappa shape index (κ1) is 11.5. The summed E-state index contributed by atoms with van der Waals surface area (Å²) >= 11 is 10.1. The monoisotopic (exact) mass is 290 g/mol. The van der Waals surface area contributed by atoms with Gasteiger partial charge in [-0.3, -0.25) is 0 Å². The molecule has 3 heteroatoms. The Morgan fingerprint density at radius 3 is 2.87 bits per heavy atom. The number of rotatable bonds is 1. The third-order valence-electron chi connectivity index (χ3n) is 3.46. The topological polar surface area (TPSA) is 13.1 Å². The Hall–Kier alpha value is 0.0500. The minimum absolute atomic E-state index is 0.0891. The molecule has 1 fully saturated rings. The van der Waals surface area contributed by atoms with Crippen molar-refractivity contribution in [2.45, 2.75) is 48.7 Å². The predicted octanol–water partition coefficient (Wildman–Crippen LogP) is 4.62. The minimum atomic E-state index is -0.0891.